The fraction of sp³-hybridized carbons (Fsp3) is 0.889. The third kappa shape index (κ3) is 9.13. The highest BCUT2D eigenvalue weighted by Crippen LogP contribution is 2.21. The summed E-state index contributed by atoms with van der Waals surface area (Å²) in [6, 6.07) is 0.469. The van der Waals surface area contributed by atoms with Crippen molar-refractivity contribution in [3.05, 3.63) is 10.8 Å². The molecule has 12 heteroatoms. The second-order valence-electron chi connectivity index (χ2n) is 7.64. The van der Waals surface area contributed by atoms with Crippen LogP contribution in [0, 0.1) is 0 Å². The predicted molar refractivity (Wildman–Crippen MR) is 115 cm³/mol. The largest absolute Gasteiger partial charge is 0.378 e. The third-order valence-electron chi connectivity index (χ3n) is 4.63. The molecule has 10 nitrogen and oxygen atoms in total. The number of rotatable bonds is 16. The SMILES string of the molecule is CC(C)NCCOCCOCCOCCn1nnc(CN2CC(S(C)(=O)=O)C2)c1Cl. The number of nitrogens with zero attached hydrogens (tertiary/aromatic N) is 4. The molecule has 1 aliphatic heterocycles. The molecule has 0 amide bonds. The zero-order valence-corrected chi connectivity index (χ0v) is 19.6. The summed E-state index contributed by atoms with van der Waals surface area (Å²) in [6.07, 6.45) is 1.27. The molecule has 1 fully saturated rings. The Balaban J connectivity index is 1.48. The van der Waals surface area contributed by atoms with Crippen molar-refractivity contribution in [2.45, 2.75) is 38.2 Å². The maximum absolute atomic E-state index is 11.5. The minimum absolute atomic E-state index is 0.296. The number of sulfone groups is 1. The fourth-order valence-electron chi connectivity index (χ4n) is 2.82. The lowest BCUT2D eigenvalue weighted by molar-refractivity contribution is 0.0131. The van der Waals surface area contributed by atoms with Crippen molar-refractivity contribution in [1.29, 1.82) is 0 Å². The highest BCUT2D eigenvalue weighted by atomic mass is 35.5. The molecule has 0 radical (unpaired) electrons. The molecule has 2 rings (SSSR count). The van der Waals surface area contributed by atoms with Gasteiger partial charge in [-0.1, -0.05) is 30.7 Å². The number of aromatic nitrogens is 3. The number of halogens is 1. The number of hydrogen-bond donors (Lipinski definition) is 1. The van der Waals surface area contributed by atoms with E-state index in [9.17, 15) is 8.42 Å². The Morgan fingerprint density at radius 2 is 1.70 bits per heavy atom. The van der Waals surface area contributed by atoms with Gasteiger partial charge in [-0.15, -0.1) is 5.10 Å². The molecular weight excluding hydrogens is 434 g/mol. The van der Waals surface area contributed by atoms with E-state index in [1.165, 1.54) is 6.26 Å². The number of hydrogen-bond acceptors (Lipinski definition) is 9. The van der Waals surface area contributed by atoms with Crippen LogP contribution in [0.3, 0.4) is 0 Å². The van der Waals surface area contributed by atoms with E-state index in [1.807, 2.05) is 4.90 Å². The summed E-state index contributed by atoms with van der Waals surface area (Å²) < 4.78 is 41.0. The van der Waals surface area contributed by atoms with Gasteiger partial charge < -0.3 is 19.5 Å². The molecule has 0 atom stereocenters. The van der Waals surface area contributed by atoms with Crippen LogP contribution >= 0.6 is 11.6 Å². The van der Waals surface area contributed by atoms with Crippen LogP contribution in [0.4, 0.5) is 0 Å². The Labute approximate surface area is 184 Å². The van der Waals surface area contributed by atoms with Gasteiger partial charge in [0.2, 0.25) is 0 Å². The highest BCUT2D eigenvalue weighted by Gasteiger charge is 2.35. The van der Waals surface area contributed by atoms with Gasteiger partial charge in [0, 0.05) is 38.5 Å². The van der Waals surface area contributed by atoms with Crippen LogP contribution in [0.5, 0.6) is 0 Å². The van der Waals surface area contributed by atoms with Crippen LogP contribution in [0.2, 0.25) is 5.15 Å². The van der Waals surface area contributed by atoms with Gasteiger partial charge in [-0.3, -0.25) is 4.90 Å². The van der Waals surface area contributed by atoms with Gasteiger partial charge in [-0.25, -0.2) is 13.1 Å². The van der Waals surface area contributed by atoms with Crippen molar-refractivity contribution in [2.75, 3.05) is 65.5 Å². The Bertz CT molecular complexity index is 725. The third-order valence-corrected chi connectivity index (χ3v) is 6.55. The summed E-state index contributed by atoms with van der Waals surface area (Å²) in [7, 11) is -2.98. The van der Waals surface area contributed by atoms with Gasteiger partial charge >= 0.3 is 0 Å². The predicted octanol–water partition coefficient (Wildman–Crippen LogP) is 0.208. The van der Waals surface area contributed by atoms with E-state index in [-0.39, 0.29) is 5.25 Å². The fourth-order valence-corrected chi connectivity index (χ4v) is 4.00. The van der Waals surface area contributed by atoms with Crippen LogP contribution in [0.25, 0.3) is 0 Å². The van der Waals surface area contributed by atoms with Crippen LogP contribution in [-0.4, -0.2) is 105 Å². The van der Waals surface area contributed by atoms with E-state index in [0.717, 1.165) is 6.54 Å². The summed E-state index contributed by atoms with van der Waals surface area (Å²) in [5, 5.41) is 11.6. The van der Waals surface area contributed by atoms with Gasteiger partial charge in [0.05, 0.1) is 51.4 Å². The van der Waals surface area contributed by atoms with Gasteiger partial charge in [0.15, 0.2) is 15.0 Å². The van der Waals surface area contributed by atoms with Crippen LogP contribution in [0.15, 0.2) is 0 Å². The molecule has 0 saturated carbocycles. The average Bonchev–Trinajstić information content (AvgIpc) is 2.97. The van der Waals surface area contributed by atoms with Crippen molar-refractivity contribution in [2.24, 2.45) is 0 Å². The molecule has 0 aromatic carbocycles. The standard InChI is InChI=1S/C18H34ClN5O5S/c1-15(2)20-4-6-27-8-10-29-11-9-28-7-5-24-18(19)17(21-22-24)14-23-12-16(13-23)30(3,25)26/h15-16,20H,4-14H2,1-3H3. The topological polar surface area (TPSA) is 108 Å². The summed E-state index contributed by atoms with van der Waals surface area (Å²) in [6.45, 7) is 10.3. The Morgan fingerprint density at radius 3 is 2.30 bits per heavy atom. The normalized spacial score (nSPS) is 15.8. The van der Waals surface area contributed by atoms with Gasteiger partial charge in [-0.05, 0) is 0 Å². The molecule has 2 heterocycles. The average molecular weight is 468 g/mol. The molecule has 1 aliphatic rings. The highest BCUT2D eigenvalue weighted by molar-refractivity contribution is 7.91. The van der Waals surface area contributed by atoms with E-state index in [0.29, 0.717) is 82.7 Å². The molecular formula is C18H34ClN5O5S. The summed E-state index contributed by atoms with van der Waals surface area (Å²) in [5.74, 6) is 0. The van der Waals surface area contributed by atoms with E-state index < -0.39 is 9.84 Å². The molecule has 1 aromatic rings. The monoisotopic (exact) mass is 467 g/mol. The Morgan fingerprint density at radius 1 is 1.10 bits per heavy atom. The lowest BCUT2D eigenvalue weighted by Gasteiger charge is -2.37. The molecule has 0 aliphatic carbocycles. The number of ether oxygens (including phenoxy) is 3. The Kier molecular flexibility index (Phi) is 10.9. The summed E-state index contributed by atoms with van der Waals surface area (Å²) >= 11 is 6.32. The minimum atomic E-state index is -2.98. The molecule has 0 spiro atoms. The van der Waals surface area contributed by atoms with Crippen LogP contribution in [-0.2, 0) is 37.1 Å². The lowest BCUT2D eigenvalue weighted by atomic mass is 10.2. The maximum atomic E-state index is 11.5. The van der Waals surface area contributed by atoms with E-state index >= 15 is 0 Å². The molecule has 1 aromatic heterocycles. The molecule has 0 unspecified atom stereocenters. The smallest absolute Gasteiger partial charge is 0.152 e. The van der Waals surface area contributed by atoms with E-state index in [1.54, 1.807) is 4.68 Å². The second kappa shape index (κ2) is 12.9. The summed E-state index contributed by atoms with van der Waals surface area (Å²) in [5.41, 5.74) is 0.649. The first kappa shape index (κ1) is 25.4. The van der Waals surface area contributed by atoms with Crippen molar-refractivity contribution in [1.82, 2.24) is 25.2 Å². The van der Waals surface area contributed by atoms with Crippen LogP contribution in [0.1, 0.15) is 19.5 Å². The van der Waals surface area contributed by atoms with E-state index in [4.69, 9.17) is 25.8 Å². The first-order valence-corrected chi connectivity index (χ1v) is 12.6. The Hall–Kier alpha value is -0.820. The van der Waals surface area contributed by atoms with Gasteiger partial charge in [0.1, 0.15) is 5.69 Å². The second-order valence-corrected chi connectivity index (χ2v) is 10.3. The van der Waals surface area contributed by atoms with Gasteiger partial charge in [0.25, 0.3) is 0 Å². The van der Waals surface area contributed by atoms with Crippen LogP contribution < -0.4 is 5.32 Å². The minimum Gasteiger partial charge on any atom is -0.378 e. The van der Waals surface area contributed by atoms with E-state index in [2.05, 4.69) is 29.5 Å². The van der Waals surface area contributed by atoms with Crippen molar-refractivity contribution < 1.29 is 22.6 Å². The zero-order valence-electron chi connectivity index (χ0n) is 18.0. The number of likely N-dealkylation sites (tertiary alicyclic amines) is 1. The van der Waals surface area contributed by atoms with Crippen molar-refractivity contribution in [3.8, 4) is 0 Å². The number of nitrogens with one attached hydrogen (secondary N) is 1. The molecule has 174 valence electrons. The first-order chi connectivity index (χ1) is 14.3. The van der Waals surface area contributed by atoms with Gasteiger partial charge in [-0.2, -0.15) is 0 Å². The van der Waals surface area contributed by atoms with Crippen molar-refractivity contribution in [3.63, 3.8) is 0 Å². The maximum Gasteiger partial charge on any atom is 0.152 e. The molecule has 1 N–H and O–H groups in total. The molecule has 1 saturated heterocycles. The lowest BCUT2D eigenvalue weighted by Crippen LogP contribution is -2.53. The zero-order chi connectivity index (χ0) is 22.0. The first-order valence-electron chi connectivity index (χ1n) is 10.2. The quantitative estimate of drug-likeness (QED) is 0.341. The summed E-state index contributed by atoms with van der Waals surface area (Å²) in [4.78, 5) is 1.99. The molecule has 30 heavy (non-hydrogen) atoms. The van der Waals surface area contributed by atoms with Crippen molar-refractivity contribution >= 4 is 21.4 Å². The molecule has 0 bridgehead atoms.